The predicted octanol–water partition coefficient (Wildman–Crippen LogP) is 3.06. The number of benzene rings is 1. The summed E-state index contributed by atoms with van der Waals surface area (Å²) in [6, 6.07) is 8.34. The van der Waals surface area contributed by atoms with Crippen LogP contribution in [0.3, 0.4) is 0 Å². The third kappa shape index (κ3) is 4.51. The van der Waals surface area contributed by atoms with Crippen LogP contribution in [0.1, 0.15) is 39.3 Å². The molecule has 1 rings (SSSR count). The van der Waals surface area contributed by atoms with Crippen molar-refractivity contribution in [2.24, 2.45) is 11.1 Å². The van der Waals surface area contributed by atoms with E-state index in [4.69, 9.17) is 10.5 Å². The average molecular weight is 264 g/mol. The van der Waals surface area contributed by atoms with Crippen molar-refractivity contribution < 1.29 is 4.74 Å². The Bertz CT molecular complexity index is 396. The van der Waals surface area contributed by atoms with Gasteiger partial charge in [-0.1, -0.05) is 39.0 Å². The van der Waals surface area contributed by atoms with Gasteiger partial charge < -0.3 is 10.5 Å². The normalized spacial score (nSPS) is 15.4. The van der Waals surface area contributed by atoms with Crippen LogP contribution in [-0.2, 0) is 0 Å². The summed E-state index contributed by atoms with van der Waals surface area (Å²) in [6.07, 6.45) is 0. The van der Waals surface area contributed by atoms with Crippen molar-refractivity contribution in [3.8, 4) is 5.75 Å². The second-order valence-electron chi connectivity index (χ2n) is 6.52. The minimum atomic E-state index is 0.0450. The maximum atomic E-state index is 6.21. The van der Waals surface area contributed by atoms with E-state index in [1.165, 1.54) is 0 Å². The van der Waals surface area contributed by atoms with Crippen molar-refractivity contribution in [2.75, 3.05) is 20.7 Å². The van der Waals surface area contributed by atoms with E-state index in [-0.39, 0.29) is 17.5 Å². The smallest absolute Gasteiger partial charge is 0.123 e. The Morgan fingerprint density at radius 3 is 2.32 bits per heavy atom. The lowest BCUT2D eigenvalue weighted by Gasteiger charge is -2.36. The monoisotopic (exact) mass is 264 g/mol. The highest BCUT2D eigenvalue weighted by Crippen LogP contribution is 2.32. The molecule has 0 amide bonds. The number of methoxy groups -OCH3 is 1. The molecule has 0 fully saturated rings. The summed E-state index contributed by atoms with van der Waals surface area (Å²) in [7, 11) is 3.84. The molecule has 1 aromatic carbocycles. The summed E-state index contributed by atoms with van der Waals surface area (Å²) < 4.78 is 5.47. The Kier molecular flexibility index (Phi) is 5.39. The molecule has 0 aromatic heterocycles. The van der Waals surface area contributed by atoms with E-state index in [2.05, 4.69) is 45.7 Å². The van der Waals surface area contributed by atoms with E-state index in [1.54, 1.807) is 7.11 Å². The fourth-order valence-electron chi connectivity index (χ4n) is 2.68. The van der Waals surface area contributed by atoms with E-state index in [9.17, 15) is 0 Å². The molecule has 0 heterocycles. The number of rotatable bonds is 5. The van der Waals surface area contributed by atoms with Crippen molar-refractivity contribution in [3.63, 3.8) is 0 Å². The molecule has 0 bridgehead atoms. The minimum absolute atomic E-state index is 0.0450. The fraction of sp³-hybridized carbons (Fsp3) is 0.625. The molecule has 0 spiro atoms. The van der Waals surface area contributed by atoms with Crippen LogP contribution in [-0.4, -0.2) is 31.6 Å². The first-order valence-corrected chi connectivity index (χ1v) is 6.85. The zero-order valence-electron chi connectivity index (χ0n) is 13.1. The van der Waals surface area contributed by atoms with Crippen LogP contribution in [0.4, 0.5) is 0 Å². The molecule has 2 N–H and O–H groups in total. The first-order chi connectivity index (χ1) is 8.76. The van der Waals surface area contributed by atoms with Gasteiger partial charge in [0.2, 0.25) is 0 Å². The number of hydrogen-bond donors (Lipinski definition) is 1. The Morgan fingerprint density at radius 2 is 1.84 bits per heavy atom. The van der Waals surface area contributed by atoms with Crippen LogP contribution in [0.5, 0.6) is 5.75 Å². The highest BCUT2D eigenvalue weighted by Gasteiger charge is 2.26. The molecule has 3 nitrogen and oxygen atoms in total. The molecule has 1 aromatic rings. The SMILES string of the molecule is COc1ccccc1C(C(C)N)N(C)CC(C)(C)C. The number of para-hydroxylation sites is 1. The summed E-state index contributed by atoms with van der Waals surface area (Å²) in [5, 5.41) is 0. The van der Waals surface area contributed by atoms with Gasteiger partial charge in [-0.05, 0) is 25.5 Å². The average Bonchev–Trinajstić information content (AvgIpc) is 2.26. The molecule has 3 heteroatoms. The lowest BCUT2D eigenvalue weighted by Crippen LogP contribution is -2.41. The summed E-state index contributed by atoms with van der Waals surface area (Å²) in [4.78, 5) is 2.32. The maximum Gasteiger partial charge on any atom is 0.123 e. The molecule has 19 heavy (non-hydrogen) atoms. The lowest BCUT2D eigenvalue weighted by molar-refractivity contribution is 0.154. The van der Waals surface area contributed by atoms with E-state index in [0.717, 1.165) is 17.9 Å². The second-order valence-corrected chi connectivity index (χ2v) is 6.52. The fourth-order valence-corrected chi connectivity index (χ4v) is 2.68. The summed E-state index contributed by atoms with van der Waals surface area (Å²) in [5.74, 6) is 0.908. The van der Waals surface area contributed by atoms with Gasteiger partial charge in [0.25, 0.3) is 0 Å². The molecular weight excluding hydrogens is 236 g/mol. The van der Waals surface area contributed by atoms with Crippen molar-refractivity contribution in [2.45, 2.75) is 39.8 Å². The van der Waals surface area contributed by atoms with E-state index in [1.807, 2.05) is 18.2 Å². The van der Waals surface area contributed by atoms with Crippen LogP contribution < -0.4 is 10.5 Å². The number of likely N-dealkylation sites (N-methyl/N-ethyl adjacent to an activating group) is 1. The second kappa shape index (κ2) is 6.40. The van der Waals surface area contributed by atoms with Crippen LogP contribution in [0.2, 0.25) is 0 Å². The summed E-state index contributed by atoms with van der Waals surface area (Å²) in [6.45, 7) is 9.76. The Labute approximate surface area is 117 Å². The van der Waals surface area contributed by atoms with Crippen molar-refractivity contribution in [1.82, 2.24) is 4.90 Å². The van der Waals surface area contributed by atoms with Gasteiger partial charge in [-0.3, -0.25) is 4.90 Å². The van der Waals surface area contributed by atoms with Gasteiger partial charge in [-0.2, -0.15) is 0 Å². The van der Waals surface area contributed by atoms with Crippen LogP contribution in [0.25, 0.3) is 0 Å². The van der Waals surface area contributed by atoms with E-state index in [0.29, 0.717) is 0 Å². The van der Waals surface area contributed by atoms with Gasteiger partial charge >= 0.3 is 0 Å². The lowest BCUT2D eigenvalue weighted by atomic mass is 9.92. The molecule has 0 saturated carbocycles. The topological polar surface area (TPSA) is 38.5 Å². The largest absolute Gasteiger partial charge is 0.496 e. The third-order valence-electron chi connectivity index (χ3n) is 3.15. The molecular formula is C16H28N2O. The van der Waals surface area contributed by atoms with Crippen LogP contribution >= 0.6 is 0 Å². The first-order valence-electron chi connectivity index (χ1n) is 6.85. The zero-order valence-corrected chi connectivity index (χ0v) is 13.1. The van der Waals surface area contributed by atoms with Gasteiger partial charge in [0.1, 0.15) is 5.75 Å². The van der Waals surface area contributed by atoms with E-state index < -0.39 is 0 Å². The van der Waals surface area contributed by atoms with Crippen molar-refractivity contribution in [3.05, 3.63) is 29.8 Å². The van der Waals surface area contributed by atoms with Crippen LogP contribution in [0, 0.1) is 5.41 Å². The predicted molar refractivity (Wildman–Crippen MR) is 81.5 cm³/mol. The first kappa shape index (κ1) is 16.0. The summed E-state index contributed by atoms with van der Waals surface area (Å²) >= 11 is 0. The van der Waals surface area contributed by atoms with Gasteiger partial charge in [0.05, 0.1) is 13.2 Å². The van der Waals surface area contributed by atoms with Crippen LogP contribution in [0.15, 0.2) is 24.3 Å². The van der Waals surface area contributed by atoms with Gasteiger partial charge in [0.15, 0.2) is 0 Å². The van der Waals surface area contributed by atoms with Gasteiger partial charge in [-0.15, -0.1) is 0 Å². The zero-order chi connectivity index (χ0) is 14.6. The minimum Gasteiger partial charge on any atom is -0.496 e. The Morgan fingerprint density at radius 1 is 1.26 bits per heavy atom. The highest BCUT2D eigenvalue weighted by molar-refractivity contribution is 5.36. The maximum absolute atomic E-state index is 6.21. The van der Waals surface area contributed by atoms with Gasteiger partial charge in [0, 0.05) is 18.2 Å². The molecule has 2 atom stereocenters. The molecule has 0 aliphatic carbocycles. The molecule has 0 radical (unpaired) electrons. The van der Waals surface area contributed by atoms with Gasteiger partial charge in [-0.25, -0.2) is 0 Å². The Balaban J connectivity index is 3.07. The number of hydrogen-bond acceptors (Lipinski definition) is 3. The quantitative estimate of drug-likeness (QED) is 0.888. The summed E-state index contributed by atoms with van der Waals surface area (Å²) in [5.41, 5.74) is 7.61. The molecule has 0 aliphatic heterocycles. The Hall–Kier alpha value is -1.06. The highest BCUT2D eigenvalue weighted by atomic mass is 16.5. The molecule has 108 valence electrons. The number of nitrogens with zero attached hydrogens (tertiary/aromatic N) is 1. The van der Waals surface area contributed by atoms with Crippen molar-refractivity contribution in [1.29, 1.82) is 0 Å². The molecule has 2 unspecified atom stereocenters. The van der Waals surface area contributed by atoms with E-state index >= 15 is 0 Å². The molecule has 0 saturated heterocycles. The number of ether oxygens (including phenoxy) is 1. The number of nitrogens with two attached hydrogens (primary N) is 1. The standard InChI is InChI=1S/C16H28N2O/c1-12(17)15(18(5)11-16(2,3)4)13-9-7-8-10-14(13)19-6/h7-10,12,15H,11,17H2,1-6H3. The third-order valence-corrected chi connectivity index (χ3v) is 3.15. The molecule has 0 aliphatic rings. The van der Waals surface area contributed by atoms with Crippen molar-refractivity contribution >= 4 is 0 Å².